The van der Waals surface area contributed by atoms with E-state index in [2.05, 4.69) is 0 Å². The fourth-order valence-electron chi connectivity index (χ4n) is 4.74. The predicted octanol–water partition coefficient (Wildman–Crippen LogP) is 2.88. The number of nitrogens with zero attached hydrogens (tertiary/aromatic N) is 1. The number of amides is 1. The lowest BCUT2D eigenvalue weighted by atomic mass is 9.77. The van der Waals surface area contributed by atoms with Gasteiger partial charge in [-0.1, -0.05) is 6.07 Å². The van der Waals surface area contributed by atoms with E-state index in [1.165, 1.54) is 27.6 Å². The van der Waals surface area contributed by atoms with Crippen LogP contribution in [0.1, 0.15) is 24.0 Å². The van der Waals surface area contributed by atoms with Crippen molar-refractivity contribution in [3.8, 4) is 28.7 Å². The normalized spacial score (nSPS) is 17.6. The lowest BCUT2D eigenvalue weighted by molar-refractivity contribution is -0.129. The lowest BCUT2D eigenvalue weighted by Crippen LogP contribution is -2.36. The van der Waals surface area contributed by atoms with Gasteiger partial charge in [0.1, 0.15) is 9.84 Å². The first-order valence-corrected chi connectivity index (χ1v) is 13.6. The molecule has 0 radical (unpaired) electrons. The maximum Gasteiger partial charge on any atom is 0.227 e. The second-order valence-corrected chi connectivity index (χ2v) is 11.3. The minimum absolute atomic E-state index is 0.0241. The first-order valence-electron chi connectivity index (χ1n) is 11.6. The van der Waals surface area contributed by atoms with Crippen LogP contribution in [0.25, 0.3) is 0 Å². The summed E-state index contributed by atoms with van der Waals surface area (Å²) in [5.74, 6) is 2.54. The molecule has 10 heteroatoms. The number of rotatable bonds is 11. The monoisotopic (exact) mass is 521 g/mol. The maximum atomic E-state index is 13.4. The molecule has 0 saturated carbocycles. The molecule has 1 fully saturated rings. The lowest BCUT2D eigenvalue weighted by Gasteiger charge is -2.30. The van der Waals surface area contributed by atoms with Gasteiger partial charge in [-0.25, -0.2) is 8.42 Å². The standard InChI is InChI=1S/C26H35NO8S/c1-31-20-8-7-19(16-21(20)32-2)26(10-12-36(6,29)30)9-11-27(17-26)24(28)15-18-13-22(33-3)25(35-5)23(14-18)34-4/h7-8,13-14,16H,9-12,15,17H2,1-6H3. The van der Waals surface area contributed by atoms with Crippen LogP contribution in [0, 0.1) is 0 Å². The van der Waals surface area contributed by atoms with E-state index in [-0.39, 0.29) is 18.1 Å². The van der Waals surface area contributed by atoms with Crippen LogP contribution in [0.4, 0.5) is 0 Å². The summed E-state index contributed by atoms with van der Waals surface area (Å²) in [4.78, 5) is 15.2. The Balaban J connectivity index is 1.89. The third-order valence-corrected chi connectivity index (χ3v) is 7.68. The molecule has 1 unspecified atom stereocenters. The minimum atomic E-state index is -3.19. The van der Waals surface area contributed by atoms with E-state index in [9.17, 15) is 13.2 Å². The van der Waals surface area contributed by atoms with Crippen LogP contribution in [0.15, 0.2) is 30.3 Å². The summed E-state index contributed by atoms with van der Waals surface area (Å²) < 4.78 is 51.2. The number of likely N-dealkylation sites (tertiary alicyclic amines) is 1. The molecule has 1 atom stereocenters. The van der Waals surface area contributed by atoms with Gasteiger partial charge in [-0.3, -0.25) is 4.79 Å². The van der Waals surface area contributed by atoms with Crippen LogP contribution in [0.2, 0.25) is 0 Å². The molecule has 198 valence electrons. The van der Waals surface area contributed by atoms with E-state index < -0.39 is 15.3 Å². The van der Waals surface area contributed by atoms with Crippen LogP contribution in [-0.2, 0) is 26.5 Å². The van der Waals surface area contributed by atoms with Crippen molar-refractivity contribution in [2.24, 2.45) is 0 Å². The third-order valence-electron chi connectivity index (χ3n) is 6.73. The number of hydrogen-bond donors (Lipinski definition) is 0. The van der Waals surface area contributed by atoms with Crippen molar-refractivity contribution in [1.29, 1.82) is 0 Å². The fraction of sp³-hybridized carbons (Fsp3) is 0.500. The first kappa shape index (κ1) is 27.4. The number of ether oxygens (including phenoxy) is 5. The Labute approximate surface area is 213 Å². The molecule has 1 heterocycles. The number of benzene rings is 2. The van der Waals surface area contributed by atoms with Gasteiger partial charge in [-0.05, 0) is 48.2 Å². The van der Waals surface area contributed by atoms with E-state index in [0.717, 1.165) is 11.1 Å². The Morgan fingerprint density at radius 2 is 1.50 bits per heavy atom. The van der Waals surface area contributed by atoms with Gasteiger partial charge in [0, 0.05) is 24.8 Å². The van der Waals surface area contributed by atoms with E-state index in [1.807, 2.05) is 18.2 Å². The molecule has 0 N–H and O–H groups in total. The smallest absolute Gasteiger partial charge is 0.227 e. The molecular weight excluding hydrogens is 486 g/mol. The summed E-state index contributed by atoms with van der Waals surface area (Å²) in [7, 11) is 4.52. The molecular formula is C26H35NO8S. The summed E-state index contributed by atoms with van der Waals surface area (Å²) in [6.07, 6.45) is 2.41. The molecule has 0 bridgehead atoms. The zero-order valence-electron chi connectivity index (χ0n) is 21.8. The Hall–Kier alpha value is -3.14. The first-order chi connectivity index (χ1) is 17.1. The molecule has 1 amide bonds. The number of methoxy groups -OCH3 is 5. The Bertz CT molecular complexity index is 1170. The van der Waals surface area contributed by atoms with Crippen molar-refractivity contribution in [3.05, 3.63) is 41.5 Å². The molecule has 1 aliphatic rings. The van der Waals surface area contributed by atoms with Gasteiger partial charge < -0.3 is 28.6 Å². The van der Waals surface area contributed by atoms with E-state index in [0.29, 0.717) is 54.7 Å². The highest BCUT2D eigenvalue weighted by Crippen LogP contribution is 2.42. The van der Waals surface area contributed by atoms with Crippen molar-refractivity contribution >= 4 is 15.7 Å². The second-order valence-electron chi connectivity index (χ2n) is 9.01. The Morgan fingerprint density at radius 1 is 0.889 bits per heavy atom. The van der Waals surface area contributed by atoms with Crippen molar-refractivity contribution < 1.29 is 36.9 Å². The van der Waals surface area contributed by atoms with Gasteiger partial charge in [-0.15, -0.1) is 0 Å². The average Bonchev–Trinajstić information content (AvgIpc) is 3.32. The Kier molecular flexibility index (Phi) is 8.60. The minimum Gasteiger partial charge on any atom is -0.493 e. The molecule has 36 heavy (non-hydrogen) atoms. The number of carbonyl (C=O) groups excluding carboxylic acids is 1. The van der Waals surface area contributed by atoms with Crippen molar-refractivity contribution in [2.75, 3.05) is 60.6 Å². The molecule has 1 aliphatic heterocycles. The summed E-state index contributed by atoms with van der Waals surface area (Å²) in [6, 6.07) is 9.16. The summed E-state index contributed by atoms with van der Waals surface area (Å²) in [6.45, 7) is 0.919. The molecule has 0 aliphatic carbocycles. The fourth-order valence-corrected chi connectivity index (χ4v) is 5.50. The maximum absolute atomic E-state index is 13.4. The van der Waals surface area contributed by atoms with Gasteiger partial charge in [0.25, 0.3) is 0 Å². The van der Waals surface area contributed by atoms with E-state index in [1.54, 1.807) is 31.3 Å². The predicted molar refractivity (Wildman–Crippen MR) is 137 cm³/mol. The molecule has 1 saturated heterocycles. The highest BCUT2D eigenvalue weighted by atomic mass is 32.2. The SMILES string of the molecule is COc1ccc(C2(CCS(C)(=O)=O)CCN(C(=O)Cc3cc(OC)c(OC)c(OC)c3)C2)cc1OC. The average molecular weight is 522 g/mol. The van der Waals surface area contributed by atoms with Crippen LogP contribution in [0.3, 0.4) is 0 Å². The van der Waals surface area contributed by atoms with Gasteiger partial charge in [0.05, 0.1) is 47.7 Å². The quantitative estimate of drug-likeness (QED) is 0.445. The summed E-state index contributed by atoms with van der Waals surface area (Å²) in [5.41, 5.74) is 1.13. The topological polar surface area (TPSA) is 101 Å². The summed E-state index contributed by atoms with van der Waals surface area (Å²) >= 11 is 0. The van der Waals surface area contributed by atoms with Crippen LogP contribution in [-0.4, -0.2) is 79.9 Å². The zero-order chi connectivity index (χ0) is 26.5. The largest absolute Gasteiger partial charge is 0.493 e. The van der Waals surface area contributed by atoms with Crippen molar-refractivity contribution in [2.45, 2.75) is 24.7 Å². The van der Waals surface area contributed by atoms with Gasteiger partial charge in [-0.2, -0.15) is 0 Å². The number of hydrogen-bond acceptors (Lipinski definition) is 8. The van der Waals surface area contributed by atoms with Crippen molar-refractivity contribution in [3.63, 3.8) is 0 Å². The molecule has 2 aromatic carbocycles. The van der Waals surface area contributed by atoms with Crippen molar-refractivity contribution in [1.82, 2.24) is 4.90 Å². The van der Waals surface area contributed by atoms with Crippen LogP contribution in [0.5, 0.6) is 28.7 Å². The third kappa shape index (κ3) is 5.98. The molecule has 2 aromatic rings. The van der Waals surface area contributed by atoms with Crippen LogP contribution < -0.4 is 23.7 Å². The highest BCUT2D eigenvalue weighted by Gasteiger charge is 2.42. The Morgan fingerprint density at radius 3 is 2.03 bits per heavy atom. The van der Waals surface area contributed by atoms with Gasteiger partial charge in [0.15, 0.2) is 23.0 Å². The molecule has 9 nitrogen and oxygen atoms in total. The van der Waals surface area contributed by atoms with E-state index >= 15 is 0 Å². The molecule has 0 aromatic heterocycles. The summed E-state index contributed by atoms with van der Waals surface area (Å²) in [5, 5.41) is 0. The molecule has 3 rings (SSSR count). The van der Waals surface area contributed by atoms with Crippen LogP contribution >= 0.6 is 0 Å². The van der Waals surface area contributed by atoms with E-state index in [4.69, 9.17) is 23.7 Å². The number of sulfone groups is 1. The highest BCUT2D eigenvalue weighted by molar-refractivity contribution is 7.90. The van der Waals surface area contributed by atoms with Gasteiger partial charge in [0.2, 0.25) is 11.7 Å². The zero-order valence-corrected chi connectivity index (χ0v) is 22.6. The van der Waals surface area contributed by atoms with Gasteiger partial charge >= 0.3 is 0 Å². The number of carbonyl (C=O) groups is 1. The molecule has 0 spiro atoms. The second kappa shape index (κ2) is 11.3.